The number of thiophene rings is 1. The van der Waals surface area contributed by atoms with E-state index in [2.05, 4.69) is 39.2 Å². The van der Waals surface area contributed by atoms with Crippen LogP contribution in [0.1, 0.15) is 17.1 Å². The molecule has 0 spiro atoms. The highest BCUT2D eigenvalue weighted by atomic mass is 32.1. The number of fused-ring (bicyclic) bond motifs is 1. The number of hydrogen-bond acceptors (Lipinski definition) is 4. The van der Waals surface area contributed by atoms with Crippen LogP contribution < -0.4 is 0 Å². The Hall–Kier alpha value is -2.44. The third-order valence-electron chi connectivity index (χ3n) is 4.07. The first-order valence-electron chi connectivity index (χ1n) is 7.96. The molecule has 1 aromatic carbocycles. The summed E-state index contributed by atoms with van der Waals surface area (Å²) in [6, 6.07) is 14.5. The van der Waals surface area contributed by atoms with E-state index in [4.69, 9.17) is 5.11 Å². The smallest absolute Gasteiger partial charge is 0.303 e. The molecule has 4 rings (SSSR count). The van der Waals surface area contributed by atoms with Crippen molar-refractivity contribution in [3.63, 3.8) is 0 Å². The first-order valence-corrected chi connectivity index (χ1v) is 9.65. The van der Waals surface area contributed by atoms with Gasteiger partial charge in [-0.3, -0.25) is 4.79 Å². The van der Waals surface area contributed by atoms with Gasteiger partial charge < -0.3 is 9.67 Å². The zero-order valence-corrected chi connectivity index (χ0v) is 15.2. The van der Waals surface area contributed by atoms with Gasteiger partial charge in [-0.2, -0.15) is 0 Å². The highest BCUT2D eigenvalue weighted by Gasteiger charge is 2.14. The molecule has 0 aliphatic rings. The summed E-state index contributed by atoms with van der Waals surface area (Å²) in [6.45, 7) is 2.01. The van der Waals surface area contributed by atoms with E-state index in [1.807, 2.05) is 25.1 Å². The van der Waals surface area contributed by atoms with Crippen LogP contribution in [0.2, 0.25) is 0 Å². The molecular formula is C19H16N2O2S2. The number of rotatable bonds is 5. The van der Waals surface area contributed by atoms with Gasteiger partial charge in [0.05, 0.1) is 32.2 Å². The molecule has 3 heterocycles. The first-order chi connectivity index (χ1) is 12.1. The summed E-state index contributed by atoms with van der Waals surface area (Å²) in [4.78, 5) is 16.7. The Labute approximate surface area is 153 Å². The Morgan fingerprint density at radius 3 is 2.88 bits per heavy atom. The van der Waals surface area contributed by atoms with Crippen LogP contribution in [0.4, 0.5) is 0 Å². The van der Waals surface area contributed by atoms with E-state index in [0.717, 1.165) is 32.3 Å². The predicted octanol–water partition coefficient (Wildman–Crippen LogP) is 5.14. The second-order valence-corrected chi connectivity index (χ2v) is 7.98. The monoisotopic (exact) mass is 368 g/mol. The van der Waals surface area contributed by atoms with Crippen LogP contribution in [0.15, 0.2) is 47.8 Å². The highest BCUT2D eigenvalue weighted by Crippen LogP contribution is 2.32. The summed E-state index contributed by atoms with van der Waals surface area (Å²) in [5.41, 5.74) is 4.15. The van der Waals surface area contributed by atoms with Crippen molar-refractivity contribution in [3.8, 4) is 16.3 Å². The summed E-state index contributed by atoms with van der Waals surface area (Å²) in [7, 11) is 0. The average Bonchev–Trinajstić information content (AvgIpc) is 3.29. The molecule has 4 nitrogen and oxygen atoms in total. The third-order valence-corrected chi connectivity index (χ3v) is 5.89. The van der Waals surface area contributed by atoms with E-state index in [-0.39, 0.29) is 6.42 Å². The minimum Gasteiger partial charge on any atom is -0.481 e. The number of aryl methyl sites for hydroxylation is 2. The number of aromatic nitrogens is 2. The quantitative estimate of drug-likeness (QED) is 0.530. The number of thiazole rings is 1. The fourth-order valence-electron chi connectivity index (χ4n) is 3.00. The summed E-state index contributed by atoms with van der Waals surface area (Å²) in [6.07, 6.45) is 0.621. The molecule has 0 atom stereocenters. The third kappa shape index (κ3) is 3.10. The van der Waals surface area contributed by atoms with Crippen LogP contribution in [0.25, 0.3) is 26.5 Å². The minimum atomic E-state index is -0.779. The van der Waals surface area contributed by atoms with E-state index >= 15 is 0 Å². The largest absolute Gasteiger partial charge is 0.481 e. The van der Waals surface area contributed by atoms with Crippen LogP contribution in [-0.4, -0.2) is 20.6 Å². The fourth-order valence-corrected chi connectivity index (χ4v) is 4.60. The SMILES string of the molecule is Cc1nc2ccc(-n3c(CCC(=O)O)ccc3-c3cccs3)cc2s1. The van der Waals surface area contributed by atoms with Gasteiger partial charge in [-0.15, -0.1) is 22.7 Å². The topological polar surface area (TPSA) is 55.1 Å². The maximum Gasteiger partial charge on any atom is 0.303 e. The number of carboxylic acid groups (broad SMARTS) is 1. The van der Waals surface area contributed by atoms with E-state index in [1.54, 1.807) is 22.7 Å². The molecule has 6 heteroatoms. The van der Waals surface area contributed by atoms with Crippen LogP contribution in [-0.2, 0) is 11.2 Å². The van der Waals surface area contributed by atoms with Gasteiger partial charge in [0.25, 0.3) is 0 Å². The van der Waals surface area contributed by atoms with Gasteiger partial charge in [0.1, 0.15) is 0 Å². The summed E-state index contributed by atoms with van der Waals surface area (Å²) in [5.74, 6) is -0.779. The van der Waals surface area contributed by atoms with Gasteiger partial charge in [-0.25, -0.2) is 4.98 Å². The van der Waals surface area contributed by atoms with Crippen LogP contribution in [0.3, 0.4) is 0 Å². The number of carboxylic acids is 1. The maximum atomic E-state index is 11.0. The average molecular weight is 368 g/mol. The maximum absolute atomic E-state index is 11.0. The molecule has 0 aliphatic carbocycles. The molecule has 0 unspecified atom stereocenters. The van der Waals surface area contributed by atoms with E-state index in [1.165, 1.54) is 4.88 Å². The standard InChI is InChI=1S/C19H16N2O2S2/c1-12-20-15-7-4-14(11-18(15)25-12)21-13(6-9-19(22)23)5-8-16(21)17-3-2-10-24-17/h2-5,7-8,10-11H,6,9H2,1H3,(H,22,23). The van der Waals surface area contributed by atoms with Gasteiger partial charge in [0.15, 0.2) is 0 Å². The number of hydrogen-bond donors (Lipinski definition) is 1. The number of carbonyl (C=O) groups is 1. The Morgan fingerprint density at radius 1 is 1.24 bits per heavy atom. The molecule has 4 aromatic rings. The van der Waals surface area contributed by atoms with Crippen molar-refractivity contribution in [1.29, 1.82) is 0 Å². The van der Waals surface area contributed by atoms with Gasteiger partial charge in [-0.1, -0.05) is 6.07 Å². The number of nitrogens with zero attached hydrogens (tertiary/aromatic N) is 2. The molecule has 0 amide bonds. The molecule has 0 fully saturated rings. The summed E-state index contributed by atoms with van der Waals surface area (Å²) < 4.78 is 3.31. The molecule has 0 bridgehead atoms. The summed E-state index contributed by atoms with van der Waals surface area (Å²) >= 11 is 3.36. The molecule has 25 heavy (non-hydrogen) atoms. The summed E-state index contributed by atoms with van der Waals surface area (Å²) in [5, 5.41) is 12.2. The van der Waals surface area contributed by atoms with Crippen molar-refractivity contribution >= 4 is 38.9 Å². The lowest BCUT2D eigenvalue weighted by Gasteiger charge is -2.13. The van der Waals surface area contributed by atoms with Crippen LogP contribution >= 0.6 is 22.7 Å². The van der Waals surface area contributed by atoms with Gasteiger partial charge >= 0.3 is 5.97 Å². The zero-order chi connectivity index (χ0) is 17.4. The lowest BCUT2D eigenvalue weighted by atomic mass is 10.2. The molecular weight excluding hydrogens is 352 g/mol. The van der Waals surface area contributed by atoms with Gasteiger partial charge in [0, 0.05) is 11.4 Å². The molecule has 0 saturated heterocycles. The molecule has 0 radical (unpaired) electrons. The van der Waals surface area contributed by atoms with Crippen molar-refractivity contribution in [1.82, 2.24) is 9.55 Å². The highest BCUT2D eigenvalue weighted by molar-refractivity contribution is 7.18. The van der Waals surface area contributed by atoms with E-state index in [9.17, 15) is 4.79 Å². The predicted molar refractivity (Wildman–Crippen MR) is 103 cm³/mol. The normalized spacial score (nSPS) is 11.2. The fraction of sp³-hybridized carbons (Fsp3) is 0.158. The Bertz CT molecular complexity index is 1040. The van der Waals surface area contributed by atoms with Crippen LogP contribution in [0, 0.1) is 6.92 Å². The minimum absolute atomic E-state index is 0.121. The number of aliphatic carboxylic acids is 1. The van der Waals surface area contributed by atoms with Crippen molar-refractivity contribution in [2.45, 2.75) is 19.8 Å². The van der Waals surface area contributed by atoms with Gasteiger partial charge in [-0.05, 0) is 55.1 Å². The molecule has 3 aromatic heterocycles. The van der Waals surface area contributed by atoms with Crippen molar-refractivity contribution in [3.05, 3.63) is 58.5 Å². The van der Waals surface area contributed by atoms with Crippen molar-refractivity contribution < 1.29 is 9.90 Å². The first kappa shape index (κ1) is 16.1. The molecule has 0 aliphatic heterocycles. The second-order valence-electron chi connectivity index (χ2n) is 5.80. The molecule has 0 saturated carbocycles. The lowest BCUT2D eigenvalue weighted by molar-refractivity contribution is -0.136. The molecule has 1 N–H and O–H groups in total. The van der Waals surface area contributed by atoms with Crippen molar-refractivity contribution in [2.75, 3.05) is 0 Å². The van der Waals surface area contributed by atoms with Crippen LogP contribution in [0.5, 0.6) is 0 Å². The molecule has 126 valence electrons. The van der Waals surface area contributed by atoms with Gasteiger partial charge in [0.2, 0.25) is 0 Å². The Balaban J connectivity index is 1.86. The van der Waals surface area contributed by atoms with E-state index in [0.29, 0.717) is 6.42 Å². The Morgan fingerprint density at radius 2 is 2.12 bits per heavy atom. The lowest BCUT2D eigenvalue weighted by Crippen LogP contribution is -2.05. The second kappa shape index (κ2) is 6.46. The zero-order valence-electron chi connectivity index (χ0n) is 13.6. The number of benzene rings is 1. The van der Waals surface area contributed by atoms with Crippen molar-refractivity contribution in [2.24, 2.45) is 0 Å². The van der Waals surface area contributed by atoms with E-state index < -0.39 is 5.97 Å². The Kier molecular flexibility index (Phi) is 4.15.